The Morgan fingerprint density at radius 1 is 1.00 bits per heavy atom. The molecule has 2 aromatic carbocycles. The van der Waals surface area contributed by atoms with Gasteiger partial charge in [-0.25, -0.2) is 8.78 Å². The lowest BCUT2D eigenvalue weighted by atomic mass is 10.1. The molecule has 0 radical (unpaired) electrons. The molecule has 21 heavy (non-hydrogen) atoms. The molecule has 0 aromatic heterocycles. The lowest BCUT2D eigenvalue weighted by Crippen LogP contribution is -2.09. The third kappa shape index (κ3) is 3.49. The quantitative estimate of drug-likeness (QED) is 0.834. The van der Waals surface area contributed by atoms with Gasteiger partial charge in [-0.15, -0.1) is 0 Å². The Hall–Kier alpha value is -2.15. The van der Waals surface area contributed by atoms with E-state index in [0.717, 1.165) is 18.2 Å². The van der Waals surface area contributed by atoms with E-state index in [1.54, 1.807) is 0 Å². The van der Waals surface area contributed by atoms with Gasteiger partial charge in [0.1, 0.15) is 11.6 Å². The molecule has 0 bridgehead atoms. The van der Waals surface area contributed by atoms with E-state index < -0.39 is 23.4 Å². The molecule has 112 valence electrons. The third-order valence-corrected chi connectivity index (χ3v) is 2.84. The molecule has 0 aliphatic heterocycles. The van der Waals surface area contributed by atoms with Gasteiger partial charge in [0.2, 0.25) is 0 Å². The van der Waals surface area contributed by atoms with Crippen molar-refractivity contribution >= 4 is 11.4 Å². The molecular formula is C14H11F5N2. The van der Waals surface area contributed by atoms with Crippen molar-refractivity contribution in [2.75, 3.05) is 5.32 Å². The van der Waals surface area contributed by atoms with Gasteiger partial charge in [0.15, 0.2) is 0 Å². The molecule has 2 rings (SSSR count). The van der Waals surface area contributed by atoms with Crippen molar-refractivity contribution in [1.82, 2.24) is 0 Å². The van der Waals surface area contributed by atoms with Gasteiger partial charge in [0.25, 0.3) is 0 Å². The van der Waals surface area contributed by atoms with Crippen LogP contribution in [0.1, 0.15) is 11.1 Å². The van der Waals surface area contributed by atoms with Crippen LogP contribution in [0.5, 0.6) is 0 Å². The van der Waals surface area contributed by atoms with E-state index in [9.17, 15) is 22.0 Å². The number of rotatable bonds is 3. The van der Waals surface area contributed by atoms with Crippen LogP contribution in [0.4, 0.5) is 33.3 Å². The normalized spacial score (nSPS) is 11.5. The second-order valence-electron chi connectivity index (χ2n) is 4.32. The topological polar surface area (TPSA) is 38.0 Å². The molecule has 0 aliphatic carbocycles. The highest BCUT2D eigenvalue weighted by atomic mass is 19.4. The maximum Gasteiger partial charge on any atom is 0.418 e. The summed E-state index contributed by atoms with van der Waals surface area (Å²) in [5, 5.41) is 2.43. The van der Waals surface area contributed by atoms with Gasteiger partial charge in [-0.3, -0.25) is 0 Å². The SMILES string of the molecule is NCc1ccc(Nc2ccc(F)cc2C(F)(F)F)cc1F. The van der Waals surface area contributed by atoms with Crippen molar-refractivity contribution in [2.24, 2.45) is 5.73 Å². The number of hydrogen-bond acceptors (Lipinski definition) is 2. The smallest absolute Gasteiger partial charge is 0.355 e. The summed E-state index contributed by atoms with van der Waals surface area (Å²) in [6.07, 6.45) is -4.72. The summed E-state index contributed by atoms with van der Waals surface area (Å²) in [7, 11) is 0. The van der Waals surface area contributed by atoms with E-state index in [1.165, 1.54) is 12.1 Å². The Morgan fingerprint density at radius 3 is 2.29 bits per heavy atom. The van der Waals surface area contributed by atoms with Crippen molar-refractivity contribution in [3.8, 4) is 0 Å². The summed E-state index contributed by atoms with van der Waals surface area (Å²) in [5.74, 6) is -1.63. The van der Waals surface area contributed by atoms with Crippen LogP contribution in [0.2, 0.25) is 0 Å². The predicted molar refractivity (Wildman–Crippen MR) is 69.0 cm³/mol. The summed E-state index contributed by atoms with van der Waals surface area (Å²) in [5.41, 5.74) is 4.14. The zero-order valence-electron chi connectivity index (χ0n) is 10.6. The van der Waals surface area contributed by atoms with E-state index >= 15 is 0 Å². The summed E-state index contributed by atoms with van der Waals surface area (Å²) < 4.78 is 65.0. The molecular weight excluding hydrogens is 291 g/mol. The standard InChI is InChI=1S/C14H11F5N2/c15-9-2-4-13(11(5-9)14(17,18)19)21-10-3-1-8(7-20)12(16)6-10/h1-6,21H,7,20H2. The van der Waals surface area contributed by atoms with Crippen LogP contribution < -0.4 is 11.1 Å². The first-order valence-electron chi connectivity index (χ1n) is 5.93. The fourth-order valence-electron chi connectivity index (χ4n) is 1.81. The molecule has 0 amide bonds. The average Bonchev–Trinajstić information content (AvgIpc) is 2.40. The van der Waals surface area contributed by atoms with Gasteiger partial charge in [-0.1, -0.05) is 6.07 Å². The van der Waals surface area contributed by atoms with Crippen LogP contribution in [0.3, 0.4) is 0 Å². The van der Waals surface area contributed by atoms with E-state index in [2.05, 4.69) is 5.32 Å². The second kappa shape index (κ2) is 5.69. The summed E-state index contributed by atoms with van der Waals surface area (Å²) >= 11 is 0. The Kier molecular flexibility index (Phi) is 4.13. The Bertz CT molecular complexity index is 652. The van der Waals surface area contributed by atoms with Crippen LogP contribution in [0.25, 0.3) is 0 Å². The molecule has 0 heterocycles. The summed E-state index contributed by atoms with van der Waals surface area (Å²) in [6, 6.07) is 6.02. The number of hydrogen-bond donors (Lipinski definition) is 2. The largest absolute Gasteiger partial charge is 0.418 e. The number of halogens is 5. The zero-order chi connectivity index (χ0) is 15.6. The molecule has 0 saturated heterocycles. The molecule has 0 saturated carbocycles. The third-order valence-electron chi connectivity index (χ3n) is 2.84. The minimum absolute atomic E-state index is 0.0174. The lowest BCUT2D eigenvalue weighted by molar-refractivity contribution is -0.137. The number of benzene rings is 2. The van der Waals surface area contributed by atoms with Gasteiger partial charge in [0, 0.05) is 17.8 Å². The highest BCUT2D eigenvalue weighted by Crippen LogP contribution is 2.36. The molecule has 2 nitrogen and oxygen atoms in total. The van der Waals surface area contributed by atoms with Crippen molar-refractivity contribution < 1.29 is 22.0 Å². The fraction of sp³-hybridized carbons (Fsp3) is 0.143. The first kappa shape index (κ1) is 15.2. The maximum absolute atomic E-state index is 13.5. The molecule has 7 heteroatoms. The van der Waals surface area contributed by atoms with Gasteiger partial charge in [-0.05, 0) is 30.3 Å². The van der Waals surface area contributed by atoms with Gasteiger partial charge in [-0.2, -0.15) is 13.2 Å². The molecule has 3 N–H and O–H groups in total. The molecule has 0 spiro atoms. The van der Waals surface area contributed by atoms with Gasteiger partial charge >= 0.3 is 6.18 Å². The van der Waals surface area contributed by atoms with E-state index in [-0.39, 0.29) is 23.5 Å². The van der Waals surface area contributed by atoms with Crippen molar-refractivity contribution in [2.45, 2.75) is 12.7 Å². The fourth-order valence-corrected chi connectivity index (χ4v) is 1.81. The number of nitrogens with one attached hydrogen (secondary N) is 1. The van der Waals surface area contributed by atoms with Crippen LogP contribution >= 0.6 is 0 Å². The molecule has 0 fully saturated rings. The van der Waals surface area contributed by atoms with Crippen molar-refractivity contribution in [1.29, 1.82) is 0 Å². The Morgan fingerprint density at radius 2 is 1.71 bits per heavy atom. The van der Waals surface area contributed by atoms with Crippen LogP contribution in [0, 0.1) is 11.6 Å². The maximum atomic E-state index is 13.5. The summed E-state index contributed by atoms with van der Waals surface area (Å²) in [6.45, 7) is -0.0174. The van der Waals surface area contributed by atoms with E-state index in [0.29, 0.717) is 6.07 Å². The Balaban J connectivity index is 2.38. The van der Waals surface area contributed by atoms with Gasteiger partial charge in [0.05, 0.1) is 11.3 Å². The second-order valence-corrected chi connectivity index (χ2v) is 4.32. The van der Waals surface area contributed by atoms with Crippen LogP contribution in [0.15, 0.2) is 36.4 Å². The van der Waals surface area contributed by atoms with Gasteiger partial charge < -0.3 is 11.1 Å². The monoisotopic (exact) mass is 302 g/mol. The highest BCUT2D eigenvalue weighted by molar-refractivity contribution is 5.64. The first-order valence-corrected chi connectivity index (χ1v) is 5.93. The molecule has 0 atom stereocenters. The Labute approximate surface area is 117 Å². The highest BCUT2D eigenvalue weighted by Gasteiger charge is 2.34. The number of anilines is 2. The molecule has 0 aliphatic rings. The minimum atomic E-state index is -4.72. The summed E-state index contributed by atoms with van der Waals surface area (Å²) in [4.78, 5) is 0. The first-order chi connectivity index (χ1) is 9.81. The minimum Gasteiger partial charge on any atom is -0.355 e. The zero-order valence-corrected chi connectivity index (χ0v) is 10.6. The molecule has 0 unspecified atom stereocenters. The van der Waals surface area contributed by atoms with E-state index in [4.69, 9.17) is 5.73 Å². The predicted octanol–water partition coefficient (Wildman–Crippen LogP) is 4.19. The lowest BCUT2D eigenvalue weighted by Gasteiger charge is -2.15. The van der Waals surface area contributed by atoms with Crippen molar-refractivity contribution in [3.05, 3.63) is 59.2 Å². The van der Waals surface area contributed by atoms with Crippen LogP contribution in [-0.4, -0.2) is 0 Å². The van der Waals surface area contributed by atoms with Crippen molar-refractivity contribution in [3.63, 3.8) is 0 Å². The number of nitrogens with two attached hydrogens (primary N) is 1. The van der Waals surface area contributed by atoms with Crippen LogP contribution in [-0.2, 0) is 12.7 Å². The number of alkyl halides is 3. The average molecular weight is 302 g/mol. The van der Waals surface area contributed by atoms with E-state index in [1.807, 2.05) is 0 Å². The molecule has 2 aromatic rings.